The van der Waals surface area contributed by atoms with Crippen LogP contribution in [0.2, 0.25) is 0 Å². The number of aromatic amines is 1. The Hall–Kier alpha value is -4.06. The molecule has 1 fully saturated rings. The lowest BCUT2D eigenvalue weighted by molar-refractivity contribution is -0.125. The molecule has 0 aliphatic carbocycles. The summed E-state index contributed by atoms with van der Waals surface area (Å²) in [5.74, 6) is 0.390. The van der Waals surface area contributed by atoms with Crippen LogP contribution in [0, 0.1) is 0 Å². The summed E-state index contributed by atoms with van der Waals surface area (Å²) in [6, 6.07) is 23.4. The topological polar surface area (TPSA) is 65.6 Å². The number of aromatic nitrogens is 1. The number of H-pyrrole nitrogens is 1. The van der Waals surface area contributed by atoms with Crippen molar-refractivity contribution in [2.24, 2.45) is 0 Å². The smallest absolute Gasteiger partial charge is 0.332 e. The summed E-state index contributed by atoms with van der Waals surface area (Å²) in [5.41, 5.74) is 4.27. The van der Waals surface area contributed by atoms with Gasteiger partial charge in [-0.1, -0.05) is 61.5 Å². The van der Waals surface area contributed by atoms with Crippen LogP contribution >= 0.6 is 0 Å². The van der Waals surface area contributed by atoms with Crippen molar-refractivity contribution in [3.05, 3.63) is 95.2 Å². The number of hydrogen-bond acceptors (Lipinski definition) is 3. The lowest BCUT2D eigenvalue weighted by Crippen LogP contribution is -2.50. The van der Waals surface area contributed by atoms with E-state index in [4.69, 9.17) is 4.74 Å². The molecule has 2 aliphatic heterocycles. The molecule has 0 unspecified atom stereocenters. The Labute approximate surface area is 204 Å². The van der Waals surface area contributed by atoms with Gasteiger partial charge in [0.05, 0.1) is 18.5 Å². The Morgan fingerprint density at radius 1 is 1.00 bits per heavy atom. The van der Waals surface area contributed by atoms with Crippen LogP contribution in [0.15, 0.2) is 72.8 Å². The van der Waals surface area contributed by atoms with E-state index in [2.05, 4.69) is 11.1 Å². The summed E-state index contributed by atoms with van der Waals surface area (Å²) in [6.07, 6.45) is 0.728. The molecule has 6 nitrogen and oxygen atoms in total. The van der Waals surface area contributed by atoms with E-state index < -0.39 is 5.54 Å². The van der Waals surface area contributed by atoms with E-state index in [1.807, 2.05) is 80.6 Å². The number of rotatable bonds is 4. The molecule has 35 heavy (non-hydrogen) atoms. The summed E-state index contributed by atoms with van der Waals surface area (Å²) >= 11 is 0. The number of fused-ring (bicyclic) bond motifs is 5. The zero-order valence-corrected chi connectivity index (χ0v) is 20.0. The van der Waals surface area contributed by atoms with Crippen molar-refractivity contribution in [2.45, 2.75) is 31.7 Å². The number of imide groups is 1. The predicted molar refractivity (Wildman–Crippen MR) is 136 cm³/mol. The first-order valence-corrected chi connectivity index (χ1v) is 12.0. The highest BCUT2D eigenvalue weighted by Gasteiger charge is 2.61. The number of nitrogens with zero attached hydrogens (tertiary/aromatic N) is 2. The van der Waals surface area contributed by atoms with Gasteiger partial charge < -0.3 is 14.6 Å². The predicted octanol–water partition coefficient (Wildman–Crippen LogP) is 5.57. The summed E-state index contributed by atoms with van der Waals surface area (Å²) in [7, 11) is 1.66. The molecular formula is C29H27N3O3. The molecule has 0 saturated carbocycles. The summed E-state index contributed by atoms with van der Waals surface area (Å²) in [5, 5.41) is 1.06. The van der Waals surface area contributed by atoms with Gasteiger partial charge in [-0.05, 0) is 42.7 Å². The minimum atomic E-state index is -1.13. The van der Waals surface area contributed by atoms with Crippen molar-refractivity contribution in [3.8, 4) is 5.75 Å². The highest BCUT2D eigenvalue weighted by molar-refractivity contribution is 6.24. The number of para-hydroxylation sites is 3. The van der Waals surface area contributed by atoms with Gasteiger partial charge in [0.1, 0.15) is 5.75 Å². The fourth-order valence-electron chi connectivity index (χ4n) is 5.87. The number of carbonyl (C=O) groups is 2. The maximum atomic E-state index is 14.2. The number of urea groups is 1. The Morgan fingerprint density at radius 2 is 1.71 bits per heavy atom. The van der Waals surface area contributed by atoms with Crippen molar-refractivity contribution in [2.75, 3.05) is 18.6 Å². The molecule has 2 aliphatic rings. The molecular weight excluding hydrogens is 438 g/mol. The number of methoxy groups -OCH3 is 1. The van der Waals surface area contributed by atoms with Crippen LogP contribution in [0.4, 0.5) is 10.5 Å². The third kappa shape index (κ3) is 2.83. The average molecular weight is 466 g/mol. The van der Waals surface area contributed by atoms with Gasteiger partial charge >= 0.3 is 6.03 Å². The SMILES string of the molecule is CCc1ccccc1N1C(=O)N2C[C@@H](c3ccccc3OC)c3c([nH]c4ccccc34)[C@@]2(C)C1=O. The minimum absolute atomic E-state index is 0.150. The van der Waals surface area contributed by atoms with Crippen LogP contribution in [-0.2, 0) is 16.8 Å². The Balaban J connectivity index is 1.60. The molecule has 3 amide bonds. The quantitative estimate of drug-likeness (QED) is 0.401. The number of nitrogens with one attached hydrogen (secondary N) is 1. The van der Waals surface area contributed by atoms with Crippen LogP contribution in [-0.4, -0.2) is 35.5 Å². The number of carbonyl (C=O) groups excluding carboxylic acids is 2. The van der Waals surface area contributed by atoms with E-state index in [9.17, 15) is 9.59 Å². The number of hydrogen-bond donors (Lipinski definition) is 1. The van der Waals surface area contributed by atoms with Gasteiger partial charge in [-0.2, -0.15) is 0 Å². The van der Waals surface area contributed by atoms with E-state index >= 15 is 0 Å². The summed E-state index contributed by atoms with van der Waals surface area (Å²) < 4.78 is 5.72. The normalized spacial score (nSPS) is 21.4. The standard InChI is InChI=1S/C29H27N3O3/c1-4-18-11-5-9-15-23(18)32-27(33)29(2)26-25(20-13-6-8-14-22(20)30-26)21(17-31(29)28(32)34)19-12-7-10-16-24(19)35-3/h5-16,21,30H,4,17H2,1-3H3/t21-,29-/m0/s1. The van der Waals surface area contributed by atoms with Crippen molar-refractivity contribution in [1.29, 1.82) is 0 Å². The largest absolute Gasteiger partial charge is 0.496 e. The van der Waals surface area contributed by atoms with Gasteiger partial charge in [0.2, 0.25) is 0 Å². The second-order valence-corrected chi connectivity index (χ2v) is 9.34. The highest BCUT2D eigenvalue weighted by Crippen LogP contribution is 2.51. The average Bonchev–Trinajstić information content (AvgIpc) is 3.38. The van der Waals surface area contributed by atoms with Crippen LogP contribution in [0.5, 0.6) is 5.75 Å². The zero-order chi connectivity index (χ0) is 24.3. The van der Waals surface area contributed by atoms with Crippen LogP contribution in [0.25, 0.3) is 10.9 Å². The molecule has 3 aromatic carbocycles. The Morgan fingerprint density at radius 3 is 2.51 bits per heavy atom. The molecule has 4 aromatic rings. The van der Waals surface area contributed by atoms with Crippen LogP contribution in [0.1, 0.15) is 42.1 Å². The molecule has 3 heterocycles. The number of benzene rings is 3. The summed E-state index contributed by atoms with van der Waals surface area (Å²) in [4.78, 5) is 34.8. The number of anilines is 1. The molecule has 1 saturated heterocycles. The van der Waals surface area contributed by atoms with Gasteiger partial charge in [-0.15, -0.1) is 0 Å². The second-order valence-electron chi connectivity index (χ2n) is 9.34. The fraction of sp³-hybridized carbons (Fsp3) is 0.241. The van der Waals surface area contributed by atoms with Crippen molar-refractivity contribution in [3.63, 3.8) is 0 Å². The van der Waals surface area contributed by atoms with Crippen LogP contribution in [0.3, 0.4) is 0 Å². The van der Waals surface area contributed by atoms with E-state index in [1.54, 1.807) is 12.0 Å². The molecule has 0 spiro atoms. The van der Waals surface area contributed by atoms with Crippen molar-refractivity contribution in [1.82, 2.24) is 9.88 Å². The molecule has 6 heteroatoms. The van der Waals surface area contributed by atoms with E-state index in [-0.39, 0.29) is 17.9 Å². The Kier molecular flexibility index (Phi) is 4.74. The second kappa shape index (κ2) is 7.73. The maximum absolute atomic E-state index is 14.2. The van der Waals surface area contributed by atoms with Gasteiger partial charge in [0, 0.05) is 28.9 Å². The van der Waals surface area contributed by atoms with E-state index in [0.29, 0.717) is 12.2 Å². The molecule has 6 rings (SSSR count). The monoisotopic (exact) mass is 465 g/mol. The first-order chi connectivity index (χ1) is 17.0. The van der Waals surface area contributed by atoms with Gasteiger partial charge in [-0.3, -0.25) is 4.79 Å². The first-order valence-electron chi connectivity index (χ1n) is 12.0. The molecule has 1 N–H and O–H groups in total. The molecule has 0 radical (unpaired) electrons. The Bertz CT molecular complexity index is 1490. The van der Waals surface area contributed by atoms with E-state index in [1.165, 1.54) is 4.90 Å². The fourth-order valence-corrected chi connectivity index (χ4v) is 5.87. The maximum Gasteiger partial charge on any atom is 0.332 e. The summed E-state index contributed by atoms with van der Waals surface area (Å²) in [6.45, 7) is 4.28. The number of aryl methyl sites for hydroxylation is 1. The third-order valence-electron chi connectivity index (χ3n) is 7.66. The van der Waals surface area contributed by atoms with Crippen molar-refractivity contribution < 1.29 is 14.3 Å². The molecule has 1 aromatic heterocycles. The van der Waals surface area contributed by atoms with Gasteiger partial charge in [0.25, 0.3) is 5.91 Å². The third-order valence-corrected chi connectivity index (χ3v) is 7.66. The number of amides is 3. The zero-order valence-electron chi connectivity index (χ0n) is 20.0. The van der Waals surface area contributed by atoms with Crippen molar-refractivity contribution >= 4 is 28.5 Å². The van der Waals surface area contributed by atoms with Gasteiger partial charge in [0.15, 0.2) is 5.54 Å². The molecule has 176 valence electrons. The van der Waals surface area contributed by atoms with Gasteiger partial charge in [-0.25, -0.2) is 9.69 Å². The lowest BCUT2D eigenvalue weighted by Gasteiger charge is -2.40. The first kappa shape index (κ1) is 21.5. The van der Waals surface area contributed by atoms with E-state index in [0.717, 1.165) is 45.5 Å². The molecule has 0 bridgehead atoms. The lowest BCUT2D eigenvalue weighted by atomic mass is 9.78. The minimum Gasteiger partial charge on any atom is -0.496 e. The van der Waals surface area contributed by atoms with Crippen LogP contribution < -0.4 is 9.64 Å². The number of ether oxygens (including phenoxy) is 1. The highest BCUT2D eigenvalue weighted by atomic mass is 16.5. The molecule has 2 atom stereocenters.